The zero-order valence-corrected chi connectivity index (χ0v) is 16.6. The molecular formula is C20H19N3O2S2. The highest BCUT2D eigenvalue weighted by Gasteiger charge is 2.11. The van der Waals surface area contributed by atoms with Gasteiger partial charge in [-0.2, -0.15) is 0 Å². The Labute approximate surface area is 166 Å². The Morgan fingerprint density at radius 2 is 1.93 bits per heavy atom. The maximum absolute atomic E-state index is 12.3. The summed E-state index contributed by atoms with van der Waals surface area (Å²) in [6, 6.07) is 15.2. The summed E-state index contributed by atoms with van der Waals surface area (Å²) in [6.07, 6.45) is 1.97. The SMILES string of the molecule is CSc1cc(C(=O)NCC(=O)Nc2nc(-c3ccccc3)cs2)ccc1C. The molecule has 0 saturated carbocycles. The first-order chi connectivity index (χ1) is 13.1. The van der Waals surface area contributed by atoms with Crippen LogP contribution in [-0.4, -0.2) is 29.6 Å². The Bertz CT molecular complexity index is 955. The number of thioether (sulfide) groups is 1. The quantitative estimate of drug-likeness (QED) is 0.611. The lowest BCUT2D eigenvalue weighted by atomic mass is 10.1. The highest BCUT2D eigenvalue weighted by atomic mass is 32.2. The molecule has 0 aliphatic heterocycles. The Morgan fingerprint density at radius 1 is 1.15 bits per heavy atom. The van der Waals surface area contributed by atoms with Crippen molar-refractivity contribution in [3.05, 3.63) is 65.0 Å². The second-order valence-electron chi connectivity index (χ2n) is 5.82. The summed E-state index contributed by atoms with van der Waals surface area (Å²) in [7, 11) is 0. The van der Waals surface area contributed by atoms with E-state index in [4.69, 9.17) is 0 Å². The average Bonchev–Trinajstić information content (AvgIpc) is 3.15. The molecule has 1 heterocycles. The van der Waals surface area contributed by atoms with Crippen molar-refractivity contribution in [2.24, 2.45) is 0 Å². The Hall–Kier alpha value is -2.64. The molecule has 0 radical (unpaired) electrons. The van der Waals surface area contributed by atoms with Gasteiger partial charge >= 0.3 is 0 Å². The van der Waals surface area contributed by atoms with Crippen molar-refractivity contribution < 1.29 is 9.59 Å². The van der Waals surface area contributed by atoms with Gasteiger partial charge in [-0.1, -0.05) is 36.4 Å². The zero-order valence-electron chi connectivity index (χ0n) is 15.0. The van der Waals surface area contributed by atoms with Crippen molar-refractivity contribution >= 4 is 40.0 Å². The fourth-order valence-electron chi connectivity index (χ4n) is 2.46. The van der Waals surface area contributed by atoms with E-state index >= 15 is 0 Å². The number of rotatable bonds is 6. The first-order valence-corrected chi connectivity index (χ1v) is 10.4. The van der Waals surface area contributed by atoms with Crippen molar-refractivity contribution in [3.63, 3.8) is 0 Å². The average molecular weight is 398 g/mol. The van der Waals surface area contributed by atoms with Crippen LogP contribution in [0.4, 0.5) is 5.13 Å². The number of hydrogen-bond acceptors (Lipinski definition) is 5. The molecule has 3 rings (SSSR count). The molecule has 0 saturated heterocycles. The smallest absolute Gasteiger partial charge is 0.251 e. The molecule has 27 heavy (non-hydrogen) atoms. The Morgan fingerprint density at radius 3 is 2.67 bits per heavy atom. The minimum absolute atomic E-state index is 0.110. The molecule has 138 valence electrons. The number of aryl methyl sites for hydroxylation is 1. The number of thiazole rings is 1. The van der Waals surface area contributed by atoms with E-state index in [2.05, 4.69) is 15.6 Å². The van der Waals surface area contributed by atoms with Crippen molar-refractivity contribution in [3.8, 4) is 11.3 Å². The van der Waals surface area contributed by atoms with Crippen LogP contribution >= 0.6 is 23.1 Å². The normalized spacial score (nSPS) is 10.4. The molecule has 0 spiro atoms. The van der Waals surface area contributed by atoms with Crippen molar-refractivity contribution in [2.45, 2.75) is 11.8 Å². The topological polar surface area (TPSA) is 71.1 Å². The monoisotopic (exact) mass is 397 g/mol. The molecule has 1 aromatic heterocycles. The van der Waals surface area contributed by atoms with Gasteiger partial charge < -0.3 is 10.6 Å². The number of nitrogens with one attached hydrogen (secondary N) is 2. The molecule has 3 aromatic rings. The third kappa shape index (κ3) is 4.96. The molecule has 2 amide bonds. The number of carbonyl (C=O) groups excluding carboxylic acids is 2. The molecule has 0 fully saturated rings. The molecule has 2 N–H and O–H groups in total. The van der Waals surface area contributed by atoms with Gasteiger partial charge in [-0.25, -0.2) is 4.98 Å². The van der Waals surface area contributed by atoms with Crippen LogP contribution in [0, 0.1) is 6.92 Å². The number of nitrogens with zero attached hydrogens (tertiary/aromatic N) is 1. The van der Waals surface area contributed by atoms with Crippen LogP contribution in [0.5, 0.6) is 0 Å². The number of benzene rings is 2. The number of amides is 2. The van der Waals surface area contributed by atoms with E-state index in [0.29, 0.717) is 10.7 Å². The fraction of sp³-hybridized carbons (Fsp3) is 0.150. The third-order valence-electron chi connectivity index (χ3n) is 3.90. The second-order valence-corrected chi connectivity index (χ2v) is 7.53. The molecule has 0 bridgehead atoms. The first-order valence-electron chi connectivity index (χ1n) is 8.30. The minimum Gasteiger partial charge on any atom is -0.343 e. The van der Waals surface area contributed by atoms with Gasteiger partial charge in [0.15, 0.2) is 5.13 Å². The molecule has 0 aliphatic carbocycles. The van der Waals surface area contributed by atoms with E-state index in [0.717, 1.165) is 21.7 Å². The largest absolute Gasteiger partial charge is 0.343 e. The van der Waals surface area contributed by atoms with Crippen molar-refractivity contribution in [2.75, 3.05) is 18.1 Å². The van der Waals surface area contributed by atoms with Crippen molar-refractivity contribution in [1.29, 1.82) is 0 Å². The van der Waals surface area contributed by atoms with Crippen LogP contribution in [0.3, 0.4) is 0 Å². The summed E-state index contributed by atoms with van der Waals surface area (Å²) in [5.41, 5.74) is 3.46. The number of aromatic nitrogens is 1. The van der Waals surface area contributed by atoms with Crippen LogP contribution in [-0.2, 0) is 4.79 Å². The summed E-state index contributed by atoms with van der Waals surface area (Å²) >= 11 is 2.94. The molecular weight excluding hydrogens is 378 g/mol. The first kappa shape index (κ1) is 19.1. The van der Waals surface area contributed by atoms with Gasteiger partial charge in [0.1, 0.15) is 0 Å². The number of hydrogen-bond donors (Lipinski definition) is 2. The van der Waals surface area contributed by atoms with Gasteiger partial charge in [-0.05, 0) is 30.9 Å². The lowest BCUT2D eigenvalue weighted by Crippen LogP contribution is -2.32. The molecule has 0 atom stereocenters. The van der Waals surface area contributed by atoms with E-state index in [-0.39, 0.29) is 18.4 Å². The predicted octanol–water partition coefficient (Wildman–Crippen LogP) is 4.21. The highest BCUT2D eigenvalue weighted by Crippen LogP contribution is 2.24. The number of carbonyl (C=O) groups is 2. The Balaban J connectivity index is 1.55. The van der Waals surface area contributed by atoms with Crippen LogP contribution in [0.15, 0.2) is 58.8 Å². The Kier molecular flexibility index (Phi) is 6.26. The minimum atomic E-state index is -0.311. The molecule has 0 aliphatic rings. The van der Waals surface area contributed by atoms with Crippen molar-refractivity contribution in [1.82, 2.24) is 10.3 Å². The highest BCUT2D eigenvalue weighted by molar-refractivity contribution is 7.98. The summed E-state index contributed by atoms with van der Waals surface area (Å²) in [5.74, 6) is -0.584. The predicted molar refractivity (Wildman–Crippen MR) is 111 cm³/mol. The summed E-state index contributed by atoms with van der Waals surface area (Å²) < 4.78 is 0. The van der Waals surface area contributed by atoms with E-state index in [1.807, 2.05) is 61.0 Å². The van der Waals surface area contributed by atoms with Gasteiger partial charge in [0.2, 0.25) is 5.91 Å². The lowest BCUT2D eigenvalue weighted by Gasteiger charge is -2.08. The van der Waals surface area contributed by atoms with Crippen LogP contribution in [0.1, 0.15) is 15.9 Å². The van der Waals surface area contributed by atoms with Gasteiger partial charge in [0, 0.05) is 21.4 Å². The lowest BCUT2D eigenvalue weighted by molar-refractivity contribution is -0.115. The van der Waals surface area contributed by atoms with E-state index in [1.165, 1.54) is 11.3 Å². The maximum atomic E-state index is 12.3. The van der Waals surface area contributed by atoms with Crippen LogP contribution < -0.4 is 10.6 Å². The van der Waals surface area contributed by atoms with E-state index < -0.39 is 0 Å². The van der Waals surface area contributed by atoms with Crippen LogP contribution in [0.25, 0.3) is 11.3 Å². The second kappa shape index (κ2) is 8.83. The molecule has 7 heteroatoms. The van der Waals surface area contributed by atoms with Gasteiger partial charge in [-0.3, -0.25) is 9.59 Å². The standard InChI is InChI=1S/C20H19N3O2S2/c1-13-8-9-15(10-17(13)26-2)19(25)21-11-18(24)23-20-22-16(12-27-20)14-6-4-3-5-7-14/h3-10,12H,11H2,1-2H3,(H,21,25)(H,22,23,24). The van der Waals surface area contributed by atoms with E-state index in [9.17, 15) is 9.59 Å². The molecule has 5 nitrogen and oxygen atoms in total. The summed E-state index contributed by atoms with van der Waals surface area (Å²) in [4.78, 5) is 29.8. The molecule has 2 aromatic carbocycles. The fourth-order valence-corrected chi connectivity index (χ4v) is 3.83. The third-order valence-corrected chi connectivity index (χ3v) is 5.54. The van der Waals surface area contributed by atoms with Crippen LogP contribution in [0.2, 0.25) is 0 Å². The summed E-state index contributed by atoms with van der Waals surface area (Å²) in [6.45, 7) is 1.89. The van der Waals surface area contributed by atoms with Gasteiger partial charge in [0.25, 0.3) is 5.91 Å². The number of anilines is 1. The van der Waals surface area contributed by atoms with Gasteiger partial charge in [0.05, 0.1) is 12.2 Å². The van der Waals surface area contributed by atoms with Gasteiger partial charge in [-0.15, -0.1) is 23.1 Å². The molecule has 0 unspecified atom stereocenters. The van der Waals surface area contributed by atoms with E-state index in [1.54, 1.807) is 17.8 Å². The summed E-state index contributed by atoms with van der Waals surface area (Å²) in [5, 5.41) is 7.76. The zero-order chi connectivity index (χ0) is 19.2. The maximum Gasteiger partial charge on any atom is 0.251 e.